The molecule has 42 heavy (non-hydrogen) atoms. The average Bonchev–Trinajstić information content (AvgIpc) is 2.93. The number of aliphatic imine (C=N–C) groups is 1. The van der Waals surface area contributed by atoms with Crippen molar-refractivity contribution in [1.29, 1.82) is 0 Å². The van der Waals surface area contributed by atoms with Crippen molar-refractivity contribution in [3.8, 4) is 17.2 Å². The summed E-state index contributed by atoms with van der Waals surface area (Å²) in [5.41, 5.74) is 0.798. The van der Waals surface area contributed by atoms with Crippen molar-refractivity contribution in [3.05, 3.63) is 11.1 Å². The molecule has 0 heterocycles. The molecule has 0 aliphatic rings. The van der Waals surface area contributed by atoms with E-state index >= 15 is 0 Å². The zero-order valence-electron chi connectivity index (χ0n) is 27.0. The lowest BCUT2D eigenvalue weighted by molar-refractivity contribution is -0.155. The molecule has 1 rings (SSSR count). The number of hydrogen-bond donors (Lipinski definition) is 2. The molecule has 0 bridgehead atoms. The second-order valence-corrected chi connectivity index (χ2v) is 12.1. The molecule has 0 fully saturated rings. The second-order valence-electron chi connectivity index (χ2n) is 12.1. The summed E-state index contributed by atoms with van der Waals surface area (Å²) in [4.78, 5) is 26.8. The maximum absolute atomic E-state index is 12.1. The molecular weight excluding hydrogens is 534 g/mol. The first-order valence-corrected chi connectivity index (χ1v) is 16.1. The fourth-order valence-electron chi connectivity index (χ4n) is 4.77. The van der Waals surface area contributed by atoms with Gasteiger partial charge in [0.05, 0.1) is 13.2 Å². The monoisotopic (exact) mass is 591 g/mol. The number of benzene rings is 1. The van der Waals surface area contributed by atoms with Crippen molar-refractivity contribution < 1.29 is 34.0 Å². The number of unbranched alkanes of at least 4 members (excludes halogenated alkanes) is 12. The number of ether oxygens (including phenoxy) is 3. The third kappa shape index (κ3) is 16.0. The largest absolute Gasteiger partial charge is 0.505 e. The van der Waals surface area contributed by atoms with Gasteiger partial charge in [-0.25, -0.2) is 0 Å². The number of carbonyl (C=O) groups excluding carboxylic acids is 2. The molecule has 0 aromatic heterocycles. The maximum atomic E-state index is 12.1. The summed E-state index contributed by atoms with van der Waals surface area (Å²) >= 11 is 0. The van der Waals surface area contributed by atoms with Crippen molar-refractivity contribution in [3.63, 3.8) is 0 Å². The van der Waals surface area contributed by atoms with Gasteiger partial charge in [0.1, 0.15) is 17.0 Å². The number of nitrogens with zero attached hydrogens (tertiary/aromatic N) is 1. The summed E-state index contributed by atoms with van der Waals surface area (Å²) in [5, 5.41) is 22.3. The SMILES string of the molecule is CCCCCCCCCCCCCc1c(O)c(N=CCCCCOC=O)c(C)c(O)c1OCCCC(=O)OC(C)(C)C. The Hall–Kier alpha value is -2.77. The second kappa shape index (κ2) is 21.9. The van der Waals surface area contributed by atoms with E-state index in [0.717, 1.165) is 32.1 Å². The van der Waals surface area contributed by atoms with Crippen LogP contribution in [0.3, 0.4) is 0 Å². The molecular formula is C34H57NO7. The number of phenols is 2. The molecule has 8 heteroatoms. The first kappa shape index (κ1) is 37.3. The first-order valence-electron chi connectivity index (χ1n) is 16.1. The third-order valence-electron chi connectivity index (χ3n) is 7.07. The maximum Gasteiger partial charge on any atom is 0.306 e. The highest BCUT2D eigenvalue weighted by atomic mass is 16.6. The molecule has 0 amide bonds. The molecule has 0 atom stereocenters. The van der Waals surface area contributed by atoms with E-state index in [1.807, 2.05) is 20.8 Å². The van der Waals surface area contributed by atoms with Crippen LogP contribution in [0.2, 0.25) is 0 Å². The molecule has 240 valence electrons. The van der Waals surface area contributed by atoms with Crippen LogP contribution in [0, 0.1) is 6.92 Å². The number of phenolic OH excluding ortho intramolecular Hbond substituents is 2. The van der Waals surface area contributed by atoms with E-state index < -0.39 is 5.60 Å². The number of aromatic hydroxyl groups is 2. The van der Waals surface area contributed by atoms with Crippen LogP contribution in [-0.4, -0.2) is 47.7 Å². The molecule has 0 aliphatic carbocycles. The van der Waals surface area contributed by atoms with E-state index in [0.29, 0.717) is 49.2 Å². The number of carbonyl (C=O) groups is 2. The summed E-state index contributed by atoms with van der Waals surface area (Å²) in [7, 11) is 0. The van der Waals surface area contributed by atoms with Gasteiger partial charge in [-0.1, -0.05) is 71.1 Å². The van der Waals surface area contributed by atoms with Crippen molar-refractivity contribution in [2.75, 3.05) is 13.2 Å². The summed E-state index contributed by atoms with van der Waals surface area (Å²) in [6.45, 7) is 10.5. The lowest BCUT2D eigenvalue weighted by Crippen LogP contribution is -2.24. The summed E-state index contributed by atoms with van der Waals surface area (Å²) < 4.78 is 16.1. The quantitative estimate of drug-likeness (QED) is 0.0406. The Morgan fingerprint density at radius 3 is 2.05 bits per heavy atom. The van der Waals surface area contributed by atoms with Gasteiger partial charge in [0.15, 0.2) is 11.5 Å². The van der Waals surface area contributed by atoms with Crippen LogP contribution in [0.15, 0.2) is 4.99 Å². The van der Waals surface area contributed by atoms with Crippen LogP contribution in [0.1, 0.15) is 142 Å². The van der Waals surface area contributed by atoms with Gasteiger partial charge in [0.25, 0.3) is 6.47 Å². The van der Waals surface area contributed by atoms with Crippen molar-refractivity contribution in [1.82, 2.24) is 0 Å². The van der Waals surface area contributed by atoms with E-state index in [2.05, 4.69) is 11.9 Å². The van der Waals surface area contributed by atoms with Crippen LogP contribution < -0.4 is 4.74 Å². The zero-order valence-corrected chi connectivity index (χ0v) is 27.0. The molecule has 0 spiro atoms. The predicted octanol–water partition coefficient (Wildman–Crippen LogP) is 8.81. The first-order chi connectivity index (χ1) is 20.1. The minimum Gasteiger partial charge on any atom is -0.505 e. The Bertz CT molecular complexity index is 937. The Balaban J connectivity index is 2.82. The van der Waals surface area contributed by atoms with Crippen LogP contribution in [0.4, 0.5) is 5.69 Å². The standard InChI is InChI=1S/C34H57NO7/c1-6-7-8-9-10-11-12-13-14-15-17-21-28-32(39)30(35-23-18-16-19-24-40-26-36)27(2)31(38)33(28)41-25-20-22-29(37)42-34(3,4)5/h23,26,38-39H,6-22,24-25H2,1-5H3. The Labute approximate surface area is 254 Å². The molecule has 0 radical (unpaired) electrons. The highest BCUT2D eigenvalue weighted by molar-refractivity contribution is 5.75. The predicted molar refractivity (Wildman–Crippen MR) is 169 cm³/mol. The van der Waals surface area contributed by atoms with E-state index in [1.165, 1.54) is 51.4 Å². The van der Waals surface area contributed by atoms with Gasteiger partial charge in [0.2, 0.25) is 0 Å². The van der Waals surface area contributed by atoms with Crippen molar-refractivity contribution in [2.24, 2.45) is 4.99 Å². The number of esters is 1. The van der Waals surface area contributed by atoms with Gasteiger partial charge in [-0.2, -0.15) is 0 Å². The Morgan fingerprint density at radius 1 is 0.833 bits per heavy atom. The molecule has 8 nitrogen and oxygen atoms in total. The minimum absolute atomic E-state index is 0.0278. The van der Waals surface area contributed by atoms with Gasteiger partial charge >= 0.3 is 5.97 Å². The van der Waals surface area contributed by atoms with Gasteiger partial charge in [-0.3, -0.25) is 14.6 Å². The molecule has 1 aromatic carbocycles. The summed E-state index contributed by atoms with van der Waals surface area (Å²) in [6.07, 6.45) is 18.5. The Kier molecular flexibility index (Phi) is 19.4. The summed E-state index contributed by atoms with van der Waals surface area (Å²) in [6, 6.07) is 0. The lowest BCUT2D eigenvalue weighted by atomic mass is 9.99. The van der Waals surface area contributed by atoms with Gasteiger partial charge < -0.3 is 24.4 Å². The highest BCUT2D eigenvalue weighted by Gasteiger charge is 2.23. The van der Waals surface area contributed by atoms with E-state index in [-0.39, 0.29) is 36.2 Å². The van der Waals surface area contributed by atoms with Crippen LogP contribution in [0.5, 0.6) is 17.2 Å². The highest BCUT2D eigenvalue weighted by Crippen LogP contribution is 2.48. The van der Waals surface area contributed by atoms with Crippen LogP contribution in [-0.2, 0) is 25.5 Å². The molecule has 0 saturated carbocycles. The minimum atomic E-state index is -0.541. The van der Waals surface area contributed by atoms with Gasteiger partial charge in [0, 0.05) is 23.8 Å². The van der Waals surface area contributed by atoms with Gasteiger partial charge in [-0.15, -0.1) is 0 Å². The molecule has 0 unspecified atom stereocenters. The summed E-state index contributed by atoms with van der Waals surface area (Å²) in [5.74, 6) is -0.0288. The van der Waals surface area contributed by atoms with Crippen molar-refractivity contribution >= 4 is 24.3 Å². The van der Waals surface area contributed by atoms with Gasteiger partial charge in [-0.05, 0) is 66.2 Å². The number of rotatable bonds is 24. The third-order valence-corrected chi connectivity index (χ3v) is 7.07. The fourth-order valence-corrected chi connectivity index (χ4v) is 4.77. The molecule has 0 saturated heterocycles. The Morgan fingerprint density at radius 2 is 1.45 bits per heavy atom. The fraction of sp³-hybridized carbons (Fsp3) is 0.735. The molecule has 2 N–H and O–H groups in total. The van der Waals surface area contributed by atoms with Crippen LogP contribution in [0.25, 0.3) is 0 Å². The van der Waals surface area contributed by atoms with Crippen LogP contribution >= 0.6 is 0 Å². The average molecular weight is 592 g/mol. The smallest absolute Gasteiger partial charge is 0.306 e. The van der Waals surface area contributed by atoms with E-state index in [9.17, 15) is 19.8 Å². The topological polar surface area (TPSA) is 115 Å². The van der Waals surface area contributed by atoms with E-state index in [4.69, 9.17) is 14.2 Å². The zero-order chi connectivity index (χ0) is 31.2. The molecule has 0 aliphatic heterocycles. The molecule has 1 aromatic rings. The van der Waals surface area contributed by atoms with Crippen molar-refractivity contribution in [2.45, 2.75) is 149 Å². The number of hydrogen-bond acceptors (Lipinski definition) is 8. The lowest BCUT2D eigenvalue weighted by Gasteiger charge is -2.20. The normalized spacial score (nSPS) is 11.6. The van der Waals surface area contributed by atoms with E-state index in [1.54, 1.807) is 13.1 Å².